The number of nitrogens with one attached hydrogen (secondary N) is 2. The van der Waals surface area contributed by atoms with E-state index in [1.165, 1.54) is 25.7 Å². The summed E-state index contributed by atoms with van der Waals surface area (Å²) in [5.41, 5.74) is 8.39. The molecule has 2 fully saturated rings. The van der Waals surface area contributed by atoms with Crippen molar-refractivity contribution in [2.24, 2.45) is 16.6 Å². The van der Waals surface area contributed by atoms with Gasteiger partial charge < -0.3 is 21.3 Å². The number of hydrogen-bond donors (Lipinski definition) is 3. The zero-order valence-corrected chi connectivity index (χ0v) is 24.2. The highest BCUT2D eigenvalue weighted by molar-refractivity contribution is 6.35. The summed E-state index contributed by atoms with van der Waals surface area (Å²) in [7, 11) is 0. The van der Waals surface area contributed by atoms with Gasteiger partial charge in [-0.2, -0.15) is 0 Å². The molecule has 206 valence electrons. The van der Waals surface area contributed by atoms with Gasteiger partial charge in [-0.25, -0.2) is 4.99 Å². The summed E-state index contributed by atoms with van der Waals surface area (Å²) >= 11 is 12.6. The molecule has 8 heteroatoms. The van der Waals surface area contributed by atoms with Gasteiger partial charge in [0, 0.05) is 53.2 Å². The van der Waals surface area contributed by atoms with Gasteiger partial charge in [0.15, 0.2) is 5.96 Å². The molecule has 1 heterocycles. The van der Waals surface area contributed by atoms with Crippen LogP contribution in [0.5, 0.6) is 0 Å². The number of carbonyl (C=O) groups excluding carboxylic acids is 1. The number of amides is 1. The summed E-state index contributed by atoms with van der Waals surface area (Å²) in [5.74, 6) is 0.969. The molecule has 1 saturated carbocycles. The number of anilines is 1. The summed E-state index contributed by atoms with van der Waals surface area (Å²) < 4.78 is 0. The van der Waals surface area contributed by atoms with Gasteiger partial charge in [-0.05, 0) is 68.0 Å². The number of aliphatic imine (C=N–C) groups is 1. The Morgan fingerprint density at radius 1 is 1.11 bits per heavy atom. The number of primary amides is 1. The number of halogens is 2. The number of piperazine rings is 1. The SMILES string of the molecule is CC[C@@H]1CCCC[C@H]1/N=C(\Nc1ccc(C(CC(N)=O)c2ccc(Cl)cc2Cl)cc1)N1C[C@@H](C)N[C@@H](C)C1. The summed E-state index contributed by atoms with van der Waals surface area (Å²) in [6, 6.07) is 14.7. The van der Waals surface area contributed by atoms with Crippen molar-refractivity contribution in [3.63, 3.8) is 0 Å². The fourth-order valence-electron chi connectivity index (χ4n) is 6.00. The lowest BCUT2D eigenvalue weighted by atomic mass is 9.83. The Kier molecular flexibility index (Phi) is 9.97. The van der Waals surface area contributed by atoms with Crippen LogP contribution in [0.3, 0.4) is 0 Å². The molecule has 1 saturated heterocycles. The van der Waals surface area contributed by atoms with E-state index in [2.05, 4.69) is 48.4 Å². The van der Waals surface area contributed by atoms with Gasteiger partial charge in [-0.1, -0.05) is 67.6 Å². The van der Waals surface area contributed by atoms with Crippen molar-refractivity contribution < 1.29 is 4.79 Å². The van der Waals surface area contributed by atoms with E-state index in [0.717, 1.165) is 42.3 Å². The Labute approximate surface area is 237 Å². The van der Waals surface area contributed by atoms with E-state index in [0.29, 0.717) is 34.1 Å². The Hall–Kier alpha value is -2.28. The van der Waals surface area contributed by atoms with Gasteiger partial charge in [-0.3, -0.25) is 4.79 Å². The first-order chi connectivity index (χ1) is 18.2. The maximum Gasteiger partial charge on any atom is 0.218 e. The Balaban J connectivity index is 1.61. The fourth-order valence-corrected chi connectivity index (χ4v) is 6.54. The standard InChI is InChI=1S/C30H41Cl2N5O/c1-4-21-7-5-6-8-28(21)36-30(37-17-19(2)34-20(3)18-37)35-24-12-9-22(10-13-24)26(16-29(33)38)25-14-11-23(31)15-27(25)32/h9-15,19-21,26,28,34H,4-8,16-18H2,1-3H3,(H2,33,38)(H,35,36)/t19-,20+,21-,26?,28-/m1/s1. The predicted molar refractivity (Wildman–Crippen MR) is 159 cm³/mol. The Bertz CT molecular complexity index is 1110. The lowest BCUT2D eigenvalue weighted by Gasteiger charge is -2.39. The zero-order valence-electron chi connectivity index (χ0n) is 22.7. The van der Waals surface area contributed by atoms with Crippen LogP contribution in [0.4, 0.5) is 5.69 Å². The second-order valence-electron chi connectivity index (χ2n) is 11.0. The number of nitrogens with zero attached hydrogens (tertiary/aromatic N) is 2. The second-order valence-corrected chi connectivity index (χ2v) is 11.8. The molecule has 5 atom stereocenters. The summed E-state index contributed by atoms with van der Waals surface area (Å²) in [6.45, 7) is 8.56. The second kappa shape index (κ2) is 13.2. The topological polar surface area (TPSA) is 82.7 Å². The zero-order chi connectivity index (χ0) is 27.2. The van der Waals surface area contributed by atoms with Crippen LogP contribution in [0.1, 0.15) is 76.3 Å². The van der Waals surface area contributed by atoms with Crippen molar-refractivity contribution in [3.05, 3.63) is 63.6 Å². The van der Waals surface area contributed by atoms with Gasteiger partial charge in [-0.15, -0.1) is 0 Å². The third-order valence-electron chi connectivity index (χ3n) is 7.85. The monoisotopic (exact) mass is 557 g/mol. The third-order valence-corrected chi connectivity index (χ3v) is 8.41. The van der Waals surface area contributed by atoms with E-state index in [-0.39, 0.29) is 18.2 Å². The van der Waals surface area contributed by atoms with Crippen LogP contribution in [0.2, 0.25) is 10.0 Å². The average Bonchev–Trinajstić information content (AvgIpc) is 2.87. The smallest absolute Gasteiger partial charge is 0.218 e. The largest absolute Gasteiger partial charge is 0.370 e. The molecule has 0 bridgehead atoms. The van der Waals surface area contributed by atoms with Crippen LogP contribution in [0, 0.1) is 5.92 Å². The minimum atomic E-state index is -0.377. The molecule has 1 aliphatic carbocycles. The van der Waals surface area contributed by atoms with Gasteiger partial charge in [0.25, 0.3) is 0 Å². The number of guanidine groups is 1. The molecule has 2 aromatic rings. The molecular weight excluding hydrogens is 517 g/mol. The maximum absolute atomic E-state index is 11.9. The summed E-state index contributed by atoms with van der Waals surface area (Å²) in [4.78, 5) is 19.7. The summed E-state index contributed by atoms with van der Waals surface area (Å²) in [5, 5.41) is 8.38. The predicted octanol–water partition coefficient (Wildman–Crippen LogP) is 6.42. The van der Waals surface area contributed by atoms with E-state index in [1.807, 2.05) is 18.2 Å². The van der Waals surface area contributed by atoms with Gasteiger partial charge in [0.2, 0.25) is 5.91 Å². The number of carbonyl (C=O) groups is 1. The maximum atomic E-state index is 11.9. The van der Waals surface area contributed by atoms with Crippen LogP contribution >= 0.6 is 23.2 Å². The number of rotatable bonds is 7. The first kappa shape index (κ1) is 28.7. The van der Waals surface area contributed by atoms with Crippen LogP contribution < -0.4 is 16.4 Å². The number of benzene rings is 2. The molecule has 0 spiro atoms. The molecular formula is C30H41Cl2N5O. The van der Waals surface area contributed by atoms with E-state index < -0.39 is 0 Å². The molecule has 4 rings (SSSR count). The van der Waals surface area contributed by atoms with E-state index >= 15 is 0 Å². The van der Waals surface area contributed by atoms with Crippen molar-refractivity contribution in [1.82, 2.24) is 10.2 Å². The van der Waals surface area contributed by atoms with Crippen LogP contribution in [-0.4, -0.2) is 48.0 Å². The fraction of sp³-hybridized carbons (Fsp3) is 0.533. The van der Waals surface area contributed by atoms with E-state index in [1.54, 1.807) is 12.1 Å². The Morgan fingerprint density at radius 3 is 2.42 bits per heavy atom. The average molecular weight is 559 g/mol. The first-order valence-electron chi connectivity index (χ1n) is 13.9. The van der Waals surface area contributed by atoms with Crippen molar-refractivity contribution in [1.29, 1.82) is 0 Å². The molecule has 6 nitrogen and oxygen atoms in total. The lowest BCUT2D eigenvalue weighted by Crippen LogP contribution is -2.57. The van der Waals surface area contributed by atoms with Crippen molar-refractivity contribution in [3.8, 4) is 0 Å². The molecule has 38 heavy (non-hydrogen) atoms. The summed E-state index contributed by atoms with van der Waals surface area (Å²) in [6.07, 6.45) is 6.29. The molecule has 4 N–H and O–H groups in total. The van der Waals surface area contributed by atoms with E-state index in [9.17, 15) is 4.79 Å². The molecule has 1 unspecified atom stereocenters. The quantitative estimate of drug-likeness (QED) is 0.271. The molecule has 0 radical (unpaired) electrons. The molecule has 1 aliphatic heterocycles. The minimum Gasteiger partial charge on any atom is -0.370 e. The third kappa shape index (κ3) is 7.43. The van der Waals surface area contributed by atoms with Gasteiger partial charge >= 0.3 is 0 Å². The van der Waals surface area contributed by atoms with Crippen molar-refractivity contribution >= 4 is 40.8 Å². The number of hydrogen-bond acceptors (Lipinski definition) is 3. The minimum absolute atomic E-state index is 0.164. The normalized spacial score (nSPS) is 25.2. The molecule has 0 aromatic heterocycles. The Morgan fingerprint density at radius 2 is 1.79 bits per heavy atom. The van der Waals surface area contributed by atoms with Crippen LogP contribution in [-0.2, 0) is 4.79 Å². The van der Waals surface area contributed by atoms with Crippen molar-refractivity contribution in [2.75, 3.05) is 18.4 Å². The molecule has 1 amide bonds. The van der Waals surface area contributed by atoms with Gasteiger partial charge in [0.1, 0.15) is 0 Å². The molecule has 2 aromatic carbocycles. The van der Waals surface area contributed by atoms with Crippen molar-refractivity contribution in [2.45, 2.75) is 83.3 Å². The lowest BCUT2D eigenvalue weighted by molar-refractivity contribution is -0.118. The first-order valence-corrected chi connectivity index (χ1v) is 14.7. The highest BCUT2D eigenvalue weighted by Crippen LogP contribution is 2.35. The highest BCUT2D eigenvalue weighted by Gasteiger charge is 2.28. The van der Waals surface area contributed by atoms with E-state index in [4.69, 9.17) is 33.9 Å². The van der Waals surface area contributed by atoms with Crippen LogP contribution in [0.25, 0.3) is 0 Å². The highest BCUT2D eigenvalue weighted by atomic mass is 35.5. The number of nitrogens with two attached hydrogens (primary N) is 1. The van der Waals surface area contributed by atoms with Gasteiger partial charge in [0.05, 0.1) is 6.04 Å². The van der Waals surface area contributed by atoms with Crippen LogP contribution in [0.15, 0.2) is 47.5 Å². The molecule has 2 aliphatic rings.